The van der Waals surface area contributed by atoms with Crippen molar-refractivity contribution in [2.75, 3.05) is 12.4 Å². The van der Waals surface area contributed by atoms with Gasteiger partial charge < -0.3 is 14.5 Å². The van der Waals surface area contributed by atoms with Gasteiger partial charge in [-0.3, -0.25) is 4.79 Å². The Labute approximate surface area is 134 Å². The van der Waals surface area contributed by atoms with Crippen LogP contribution >= 0.6 is 0 Å². The number of amides is 1. The molecule has 1 aromatic heterocycles. The minimum atomic E-state index is -3.83. The molecule has 0 fully saturated rings. The Morgan fingerprint density at radius 1 is 1.30 bits per heavy atom. The summed E-state index contributed by atoms with van der Waals surface area (Å²) < 4.78 is 33.1. The number of anilines is 1. The predicted molar refractivity (Wildman–Crippen MR) is 84.8 cm³/mol. The second kappa shape index (κ2) is 6.84. The Morgan fingerprint density at radius 2 is 2.04 bits per heavy atom. The van der Waals surface area contributed by atoms with E-state index in [0.29, 0.717) is 12.1 Å². The van der Waals surface area contributed by atoms with Crippen molar-refractivity contribution in [3.63, 3.8) is 0 Å². The molecule has 0 bridgehead atoms. The minimum Gasteiger partial charge on any atom is -0.495 e. The molecule has 3 N–H and O–H groups in total. The quantitative estimate of drug-likeness (QED) is 0.834. The smallest absolute Gasteiger partial charge is 0.238 e. The van der Waals surface area contributed by atoms with Crippen molar-refractivity contribution < 1.29 is 22.4 Å². The van der Waals surface area contributed by atoms with Crippen LogP contribution in [-0.2, 0) is 21.2 Å². The van der Waals surface area contributed by atoms with Gasteiger partial charge in [0.15, 0.2) is 0 Å². The lowest BCUT2D eigenvalue weighted by molar-refractivity contribution is -0.116. The maximum atomic E-state index is 12.0. The van der Waals surface area contributed by atoms with E-state index in [1.165, 1.54) is 25.3 Å². The Morgan fingerprint density at radius 3 is 2.61 bits per heavy atom. The average molecular weight is 338 g/mol. The Kier molecular flexibility index (Phi) is 5.07. The third kappa shape index (κ3) is 4.57. The molecule has 0 aliphatic heterocycles. The largest absolute Gasteiger partial charge is 0.495 e. The standard InChI is InChI=1S/C15H18N2O5S/c1-10-3-4-11(22-10)5-8-15(18)17-13-7-6-12(23(16,19)20)9-14(13)21-2/h3-4,6-7,9H,5,8H2,1-2H3,(H,17,18)(H2,16,19,20). The molecule has 23 heavy (non-hydrogen) atoms. The van der Waals surface area contributed by atoms with Gasteiger partial charge in [0, 0.05) is 18.9 Å². The summed E-state index contributed by atoms with van der Waals surface area (Å²) in [6, 6.07) is 7.67. The van der Waals surface area contributed by atoms with Crippen LogP contribution < -0.4 is 15.2 Å². The van der Waals surface area contributed by atoms with Crippen molar-refractivity contribution in [1.82, 2.24) is 0 Å². The van der Waals surface area contributed by atoms with Crippen LogP contribution in [0, 0.1) is 6.92 Å². The second-order valence-corrected chi connectivity index (χ2v) is 6.53. The number of carbonyl (C=O) groups excluding carboxylic acids is 1. The van der Waals surface area contributed by atoms with E-state index in [4.69, 9.17) is 14.3 Å². The third-order valence-electron chi connectivity index (χ3n) is 3.17. The number of nitrogens with two attached hydrogens (primary N) is 1. The maximum absolute atomic E-state index is 12.0. The van der Waals surface area contributed by atoms with Crippen LogP contribution in [0.5, 0.6) is 5.75 Å². The zero-order chi connectivity index (χ0) is 17.0. The summed E-state index contributed by atoms with van der Waals surface area (Å²) in [5.74, 6) is 1.51. The lowest BCUT2D eigenvalue weighted by Crippen LogP contribution is -2.15. The Bertz CT molecular complexity index is 811. The van der Waals surface area contributed by atoms with E-state index in [1.807, 2.05) is 19.1 Å². The Hall–Kier alpha value is -2.32. The van der Waals surface area contributed by atoms with Crippen LogP contribution in [0.3, 0.4) is 0 Å². The van der Waals surface area contributed by atoms with Crippen molar-refractivity contribution in [2.45, 2.75) is 24.7 Å². The molecule has 1 aromatic carbocycles. The first-order valence-electron chi connectivity index (χ1n) is 6.85. The number of primary sulfonamides is 1. The molecule has 2 aromatic rings. The molecule has 0 saturated heterocycles. The molecule has 1 heterocycles. The van der Waals surface area contributed by atoms with E-state index in [9.17, 15) is 13.2 Å². The number of benzene rings is 1. The fraction of sp³-hybridized carbons (Fsp3) is 0.267. The topological polar surface area (TPSA) is 112 Å². The third-order valence-corrected chi connectivity index (χ3v) is 4.08. The summed E-state index contributed by atoms with van der Waals surface area (Å²) in [7, 11) is -2.45. The van der Waals surface area contributed by atoms with Gasteiger partial charge in [0.1, 0.15) is 17.3 Å². The molecule has 0 aliphatic rings. The van der Waals surface area contributed by atoms with E-state index in [2.05, 4.69) is 5.32 Å². The van der Waals surface area contributed by atoms with Gasteiger partial charge in [-0.2, -0.15) is 0 Å². The van der Waals surface area contributed by atoms with Gasteiger partial charge in [-0.1, -0.05) is 0 Å². The van der Waals surface area contributed by atoms with Crippen molar-refractivity contribution in [1.29, 1.82) is 0 Å². The van der Waals surface area contributed by atoms with E-state index in [1.54, 1.807) is 0 Å². The van der Waals surface area contributed by atoms with Crippen molar-refractivity contribution in [2.24, 2.45) is 5.14 Å². The van der Waals surface area contributed by atoms with Crippen molar-refractivity contribution in [3.05, 3.63) is 41.9 Å². The highest BCUT2D eigenvalue weighted by Gasteiger charge is 2.14. The maximum Gasteiger partial charge on any atom is 0.238 e. The number of nitrogens with one attached hydrogen (secondary N) is 1. The zero-order valence-electron chi connectivity index (χ0n) is 12.8. The summed E-state index contributed by atoms with van der Waals surface area (Å²) in [6.45, 7) is 1.83. The molecule has 0 radical (unpaired) electrons. The number of ether oxygens (including phenoxy) is 1. The van der Waals surface area contributed by atoms with Gasteiger partial charge in [-0.15, -0.1) is 0 Å². The summed E-state index contributed by atoms with van der Waals surface area (Å²) in [4.78, 5) is 11.9. The average Bonchev–Trinajstić information content (AvgIpc) is 2.90. The monoisotopic (exact) mass is 338 g/mol. The van der Waals surface area contributed by atoms with Crippen LogP contribution in [0.4, 0.5) is 5.69 Å². The first-order valence-corrected chi connectivity index (χ1v) is 8.40. The summed E-state index contributed by atoms with van der Waals surface area (Å²) in [6.07, 6.45) is 0.699. The fourth-order valence-electron chi connectivity index (χ4n) is 2.02. The van der Waals surface area contributed by atoms with Gasteiger partial charge in [0.25, 0.3) is 0 Å². The summed E-state index contributed by atoms with van der Waals surface area (Å²) >= 11 is 0. The molecule has 0 aliphatic carbocycles. The van der Waals surface area contributed by atoms with Gasteiger partial charge in [0.2, 0.25) is 15.9 Å². The molecule has 0 spiro atoms. The molecular formula is C15H18N2O5S. The molecular weight excluding hydrogens is 320 g/mol. The van der Waals surface area contributed by atoms with Crippen LogP contribution in [0.1, 0.15) is 17.9 Å². The number of furan rings is 1. The molecule has 0 unspecified atom stereocenters. The SMILES string of the molecule is COc1cc(S(N)(=O)=O)ccc1NC(=O)CCc1ccc(C)o1. The van der Waals surface area contributed by atoms with Crippen LogP contribution in [0.25, 0.3) is 0 Å². The molecule has 8 heteroatoms. The summed E-state index contributed by atoms with van der Waals surface area (Å²) in [5, 5.41) is 7.74. The number of rotatable bonds is 6. The van der Waals surface area contributed by atoms with Crippen LogP contribution in [0.15, 0.2) is 39.6 Å². The molecule has 0 saturated carbocycles. The van der Waals surface area contributed by atoms with Gasteiger partial charge in [0.05, 0.1) is 17.7 Å². The number of aryl methyl sites for hydroxylation is 2. The minimum absolute atomic E-state index is 0.0848. The van der Waals surface area contributed by atoms with Gasteiger partial charge in [-0.25, -0.2) is 13.6 Å². The number of sulfonamides is 1. The lowest BCUT2D eigenvalue weighted by atomic mass is 10.2. The zero-order valence-corrected chi connectivity index (χ0v) is 13.6. The molecule has 7 nitrogen and oxygen atoms in total. The first kappa shape index (κ1) is 17.0. The Balaban J connectivity index is 2.05. The van der Waals surface area contributed by atoms with Crippen LogP contribution in [0.2, 0.25) is 0 Å². The first-order chi connectivity index (χ1) is 10.8. The highest BCUT2D eigenvalue weighted by Crippen LogP contribution is 2.27. The number of hydrogen-bond donors (Lipinski definition) is 2. The molecule has 0 atom stereocenters. The number of hydrogen-bond acceptors (Lipinski definition) is 5. The summed E-state index contributed by atoms with van der Waals surface area (Å²) in [5.41, 5.74) is 0.375. The molecule has 124 valence electrons. The highest BCUT2D eigenvalue weighted by molar-refractivity contribution is 7.89. The predicted octanol–water partition coefficient (Wildman–Crippen LogP) is 1.82. The van der Waals surface area contributed by atoms with Gasteiger partial charge in [-0.05, 0) is 31.2 Å². The molecule has 1 amide bonds. The molecule has 2 rings (SSSR count). The highest BCUT2D eigenvalue weighted by atomic mass is 32.2. The van der Waals surface area contributed by atoms with Gasteiger partial charge >= 0.3 is 0 Å². The van der Waals surface area contributed by atoms with Crippen LogP contribution in [-0.4, -0.2) is 21.4 Å². The number of methoxy groups -OCH3 is 1. The number of carbonyl (C=O) groups is 1. The van der Waals surface area contributed by atoms with E-state index in [-0.39, 0.29) is 23.0 Å². The lowest BCUT2D eigenvalue weighted by Gasteiger charge is -2.11. The second-order valence-electron chi connectivity index (χ2n) is 4.97. The van der Waals surface area contributed by atoms with E-state index >= 15 is 0 Å². The van der Waals surface area contributed by atoms with E-state index in [0.717, 1.165) is 11.5 Å². The van der Waals surface area contributed by atoms with E-state index < -0.39 is 10.0 Å². The van der Waals surface area contributed by atoms with Crippen molar-refractivity contribution >= 4 is 21.6 Å². The van der Waals surface area contributed by atoms with Crippen molar-refractivity contribution in [3.8, 4) is 5.75 Å². The fourth-order valence-corrected chi connectivity index (χ4v) is 2.55. The normalized spacial score (nSPS) is 11.3.